The number of pyridine rings is 2. The van der Waals surface area contributed by atoms with Gasteiger partial charge in [0.25, 0.3) is 5.91 Å². The number of benzene rings is 1. The number of likely N-dealkylation sites (tertiary alicyclic amines) is 2. The lowest BCUT2D eigenvalue weighted by Crippen LogP contribution is -2.34. The van der Waals surface area contributed by atoms with E-state index in [4.69, 9.17) is 4.98 Å². The molecule has 2 fully saturated rings. The van der Waals surface area contributed by atoms with Gasteiger partial charge in [-0.2, -0.15) is 0 Å². The Hall–Kier alpha value is -2.79. The molecule has 5 rings (SSSR count). The van der Waals surface area contributed by atoms with E-state index in [-0.39, 0.29) is 5.91 Å². The number of hydrogen-bond donors (Lipinski definition) is 0. The Morgan fingerprint density at radius 3 is 2.47 bits per heavy atom. The topological polar surface area (TPSA) is 49.3 Å². The molecule has 0 spiro atoms. The molecule has 5 heteroatoms. The summed E-state index contributed by atoms with van der Waals surface area (Å²) < 4.78 is 0. The SMILES string of the molecule is O=C(c1cc2ccccc2nc1C1CCN(Cc2ccncc2)CC1)N1CCCC1. The van der Waals surface area contributed by atoms with E-state index in [1.807, 2.05) is 29.4 Å². The van der Waals surface area contributed by atoms with Gasteiger partial charge in [-0.15, -0.1) is 0 Å². The highest BCUT2D eigenvalue weighted by molar-refractivity contribution is 5.99. The Balaban J connectivity index is 1.39. The molecule has 0 atom stereocenters. The first-order chi connectivity index (χ1) is 14.8. The predicted molar refractivity (Wildman–Crippen MR) is 118 cm³/mol. The fraction of sp³-hybridized carbons (Fsp3) is 0.400. The summed E-state index contributed by atoms with van der Waals surface area (Å²) in [5.74, 6) is 0.504. The molecule has 1 amide bonds. The summed E-state index contributed by atoms with van der Waals surface area (Å²) in [6, 6.07) is 14.4. The molecule has 5 nitrogen and oxygen atoms in total. The van der Waals surface area contributed by atoms with Crippen molar-refractivity contribution in [2.75, 3.05) is 26.2 Å². The van der Waals surface area contributed by atoms with Gasteiger partial charge in [-0.05, 0) is 68.6 Å². The second-order valence-corrected chi connectivity index (χ2v) is 8.52. The van der Waals surface area contributed by atoms with Gasteiger partial charge in [0.2, 0.25) is 0 Å². The minimum absolute atomic E-state index is 0.167. The van der Waals surface area contributed by atoms with Crippen LogP contribution in [0.2, 0.25) is 0 Å². The van der Waals surface area contributed by atoms with Gasteiger partial charge >= 0.3 is 0 Å². The molecule has 0 radical (unpaired) electrons. The van der Waals surface area contributed by atoms with Crippen LogP contribution in [0.3, 0.4) is 0 Å². The molecule has 3 aromatic rings. The Kier molecular flexibility index (Phi) is 5.45. The number of para-hydroxylation sites is 1. The van der Waals surface area contributed by atoms with E-state index in [0.717, 1.165) is 80.6 Å². The van der Waals surface area contributed by atoms with Crippen LogP contribution in [0.5, 0.6) is 0 Å². The van der Waals surface area contributed by atoms with Crippen LogP contribution in [0.25, 0.3) is 10.9 Å². The van der Waals surface area contributed by atoms with Crippen LogP contribution in [0.4, 0.5) is 0 Å². The minimum atomic E-state index is 0.167. The first kappa shape index (κ1) is 19.2. The maximum Gasteiger partial charge on any atom is 0.255 e. The molecule has 2 aromatic heterocycles. The van der Waals surface area contributed by atoms with Gasteiger partial charge in [0.15, 0.2) is 0 Å². The third-order valence-electron chi connectivity index (χ3n) is 6.51. The van der Waals surface area contributed by atoms with Gasteiger partial charge in [-0.3, -0.25) is 19.7 Å². The van der Waals surface area contributed by atoms with Gasteiger partial charge < -0.3 is 4.90 Å². The van der Waals surface area contributed by atoms with E-state index in [1.54, 1.807) is 0 Å². The van der Waals surface area contributed by atoms with Crippen molar-refractivity contribution in [1.82, 2.24) is 19.8 Å². The van der Waals surface area contributed by atoms with Gasteiger partial charge in [0, 0.05) is 43.3 Å². The number of amides is 1. The van der Waals surface area contributed by atoms with Crippen molar-refractivity contribution in [3.05, 3.63) is 71.7 Å². The second-order valence-electron chi connectivity index (χ2n) is 8.52. The van der Waals surface area contributed by atoms with Gasteiger partial charge in [-0.25, -0.2) is 0 Å². The zero-order valence-electron chi connectivity index (χ0n) is 17.3. The Morgan fingerprint density at radius 1 is 0.967 bits per heavy atom. The first-order valence-electron chi connectivity index (χ1n) is 11.1. The van der Waals surface area contributed by atoms with Crippen LogP contribution in [-0.2, 0) is 6.54 Å². The molecule has 0 N–H and O–H groups in total. The Labute approximate surface area is 177 Å². The highest BCUT2D eigenvalue weighted by Crippen LogP contribution is 2.32. The highest BCUT2D eigenvalue weighted by atomic mass is 16.2. The zero-order valence-corrected chi connectivity index (χ0v) is 17.3. The number of carbonyl (C=O) groups excluding carboxylic acids is 1. The summed E-state index contributed by atoms with van der Waals surface area (Å²) in [4.78, 5) is 27.0. The largest absolute Gasteiger partial charge is 0.339 e. The van der Waals surface area contributed by atoms with Crippen molar-refractivity contribution in [3.8, 4) is 0 Å². The molecular formula is C25H28N4O. The highest BCUT2D eigenvalue weighted by Gasteiger charge is 2.29. The van der Waals surface area contributed by atoms with Gasteiger partial charge in [-0.1, -0.05) is 18.2 Å². The van der Waals surface area contributed by atoms with Crippen molar-refractivity contribution in [1.29, 1.82) is 0 Å². The molecule has 154 valence electrons. The number of nitrogens with zero attached hydrogens (tertiary/aromatic N) is 4. The van der Waals surface area contributed by atoms with E-state index < -0.39 is 0 Å². The average Bonchev–Trinajstić information content (AvgIpc) is 3.34. The molecule has 2 aliphatic heterocycles. The molecule has 2 aliphatic rings. The zero-order chi connectivity index (χ0) is 20.3. The summed E-state index contributed by atoms with van der Waals surface area (Å²) >= 11 is 0. The van der Waals surface area contributed by atoms with Crippen LogP contribution < -0.4 is 0 Å². The van der Waals surface area contributed by atoms with Crippen LogP contribution in [-0.4, -0.2) is 51.9 Å². The van der Waals surface area contributed by atoms with Crippen LogP contribution in [0, 0.1) is 0 Å². The number of carbonyl (C=O) groups is 1. The Bertz CT molecular complexity index is 1020. The van der Waals surface area contributed by atoms with Crippen LogP contribution >= 0.6 is 0 Å². The monoisotopic (exact) mass is 400 g/mol. The molecule has 0 bridgehead atoms. The lowest BCUT2D eigenvalue weighted by molar-refractivity contribution is 0.0790. The van der Waals surface area contributed by atoms with E-state index in [2.05, 4.69) is 40.2 Å². The normalized spacial score (nSPS) is 18.2. The van der Waals surface area contributed by atoms with Crippen LogP contribution in [0.1, 0.15) is 53.2 Å². The lowest BCUT2D eigenvalue weighted by atomic mass is 9.89. The van der Waals surface area contributed by atoms with Crippen molar-refractivity contribution >= 4 is 16.8 Å². The number of rotatable bonds is 4. The van der Waals surface area contributed by atoms with E-state index in [1.165, 1.54) is 5.56 Å². The third-order valence-corrected chi connectivity index (χ3v) is 6.51. The maximum absolute atomic E-state index is 13.3. The number of piperidine rings is 1. The smallest absolute Gasteiger partial charge is 0.255 e. The molecule has 4 heterocycles. The fourth-order valence-electron chi connectivity index (χ4n) is 4.81. The van der Waals surface area contributed by atoms with E-state index >= 15 is 0 Å². The summed E-state index contributed by atoms with van der Waals surface area (Å²) in [6.45, 7) is 4.75. The van der Waals surface area contributed by atoms with Gasteiger partial charge in [0.1, 0.15) is 0 Å². The van der Waals surface area contributed by atoms with Crippen molar-refractivity contribution in [2.24, 2.45) is 0 Å². The molecule has 0 unspecified atom stereocenters. The molecule has 1 aromatic carbocycles. The van der Waals surface area contributed by atoms with Crippen LogP contribution in [0.15, 0.2) is 54.9 Å². The summed E-state index contributed by atoms with van der Waals surface area (Å²) in [5.41, 5.74) is 4.12. The number of hydrogen-bond acceptors (Lipinski definition) is 4. The summed E-state index contributed by atoms with van der Waals surface area (Å²) in [6.07, 6.45) is 8.01. The summed E-state index contributed by atoms with van der Waals surface area (Å²) in [7, 11) is 0. The van der Waals surface area contributed by atoms with Crippen molar-refractivity contribution in [3.63, 3.8) is 0 Å². The lowest BCUT2D eigenvalue weighted by Gasteiger charge is -2.32. The van der Waals surface area contributed by atoms with Gasteiger partial charge in [0.05, 0.1) is 16.8 Å². The Morgan fingerprint density at radius 2 is 1.70 bits per heavy atom. The average molecular weight is 401 g/mol. The molecule has 0 saturated carbocycles. The number of aromatic nitrogens is 2. The maximum atomic E-state index is 13.3. The predicted octanol–water partition coefficient (Wildman–Crippen LogP) is 4.25. The summed E-state index contributed by atoms with van der Waals surface area (Å²) in [5, 5.41) is 1.05. The van der Waals surface area contributed by atoms with E-state index in [0.29, 0.717) is 5.92 Å². The van der Waals surface area contributed by atoms with E-state index in [9.17, 15) is 4.79 Å². The molecular weight excluding hydrogens is 372 g/mol. The molecule has 2 saturated heterocycles. The fourth-order valence-corrected chi connectivity index (χ4v) is 4.81. The van der Waals surface area contributed by atoms with Crippen molar-refractivity contribution in [2.45, 2.75) is 38.1 Å². The molecule has 0 aliphatic carbocycles. The van der Waals surface area contributed by atoms with Crippen molar-refractivity contribution < 1.29 is 4.79 Å². The first-order valence-corrected chi connectivity index (χ1v) is 11.1. The second kappa shape index (κ2) is 8.52. The third kappa shape index (κ3) is 3.94. The standard InChI is InChI=1S/C25H28N4O/c30-25(29-13-3-4-14-29)22-17-21-5-1-2-6-23(21)27-24(22)20-9-15-28(16-10-20)18-19-7-11-26-12-8-19/h1-2,5-8,11-12,17,20H,3-4,9-10,13-16,18H2. The quantitative estimate of drug-likeness (QED) is 0.657. The molecule has 30 heavy (non-hydrogen) atoms. The number of fused-ring (bicyclic) bond motifs is 1. The minimum Gasteiger partial charge on any atom is -0.339 e.